The lowest BCUT2D eigenvalue weighted by Gasteiger charge is -2.30. The Morgan fingerprint density at radius 3 is 1.85 bits per heavy atom. The summed E-state index contributed by atoms with van der Waals surface area (Å²) >= 11 is 0. The average molecular weight is 184 g/mol. The van der Waals surface area contributed by atoms with E-state index >= 15 is 0 Å². The lowest BCUT2D eigenvalue weighted by Crippen LogP contribution is -2.20. The highest BCUT2D eigenvalue weighted by Gasteiger charge is 2.26. The van der Waals surface area contributed by atoms with Gasteiger partial charge in [0.2, 0.25) is 0 Å². The molecule has 1 N–H and O–H groups in total. The summed E-state index contributed by atoms with van der Waals surface area (Å²) in [5, 5.41) is 8.73. The van der Waals surface area contributed by atoms with Gasteiger partial charge in [0.25, 0.3) is 0 Å². The minimum atomic E-state index is -0.861. The predicted molar refractivity (Wildman–Crippen MR) is 54.7 cm³/mol. The Morgan fingerprint density at radius 2 is 1.62 bits per heavy atom. The molecule has 0 saturated carbocycles. The highest BCUT2D eigenvalue weighted by Crippen LogP contribution is 2.36. The van der Waals surface area contributed by atoms with E-state index in [-0.39, 0.29) is 5.41 Å². The first-order valence-electron chi connectivity index (χ1n) is 4.92. The molecule has 0 amide bonds. The average Bonchev–Trinajstić information content (AvgIpc) is 2.14. The zero-order valence-electron chi connectivity index (χ0n) is 8.89. The second-order valence-corrected chi connectivity index (χ2v) is 3.65. The molecular formula is C11H20O2. The molecule has 0 aliphatic heterocycles. The summed E-state index contributed by atoms with van der Waals surface area (Å²) in [6, 6.07) is 0. The number of aliphatic carboxylic acids is 1. The molecule has 0 aromatic carbocycles. The summed E-state index contributed by atoms with van der Waals surface area (Å²) in [6.45, 7) is 9.92. The molecule has 13 heavy (non-hydrogen) atoms. The maximum atomic E-state index is 10.6. The molecule has 0 rings (SSSR count). The third-order valence-electron chi connectivity index (χ3n) is 3.14. The van der Waals surface area contributed by atoms with Crippen molar-refractivity contribution in [3.05, 3.63) is 12.2 Å². The minimum absolute atomic E-state index is 0.148. The van der Waals surface area contributed by atoms with E-state index in [1.54, 1.807) is 0 Å². The first kappa shape index (κ1) is 12.2. The minimum Gasteiger partial charge on any atom is -0.478 e. The van der Waals surface area contributed by atoms with Crippen molar-refractivity contribution in [3.63, 3.8) is 0 Å². The van der Waals surface area contributed by atoms with E-state index in [4.69, 9.17) is 5.11 Å². The van der Waals surface area contributed by atoms with Gasteiger partial charge in [-0.1, -0.05) is 46.6 Å². The smallest absolute Gasteiger partial charge is 0.330 e. The van der Waals surface area contributed by atoms with E-state index in [1.165, 1.54) is 0 Å². The van der Waals surface area contributed by atoms with Crippen LogP contribution in [0.3, 0.4) is 0 Å². The van der Waals surface area contributed by atoms with Crippen LogP contribution in [0.4, 0.5) is 0 Å². The van der Waals surface area contributed by atoms with Crippen molar-refractivity contribution in [2.75, 3.05) is 0 Å². The number of hydrogen-bond acceptors (Lipinski definition) is 1. The third-order valence-corrected chi connectivity index (χ3v) is 3.14. The first-order chi connectivity index (χ1) is 6.01. The molecule has 2 heteroatoms. The summed E-state index contributed by atoms with van der Waals surface area (Å²) in [7, 11) is 0. The summed E-state index contributed by atoms with van der Waals surface area (Å²) in [4.78, 5) is 10.6. The van der Waals surface area contributed by atoms with Gasteiger partial charge < -0.3 is 5.11 Å². The quantitative estimate of drug-likeness (QED) is 0.643. The van der Waals surface area contributed by atoms with Crippen molar-refractivity contribution in [1.29, 1.82) is 0 Å². The Labute approximate surface area is 80.7 Å². The van der Waals surface area contributed by atoms with Crippen molar-refractivity contribution < 1.29 is 9.90 Å². The van der Waals surface area contributed by atoms with E-state index in [9.17, 15) is 4.79 Å². The van der Waals surface area contributed by atoms with Gasteiger partial charge in [-0.3, -0.25) is 0 Å². The fraction of sp³-hybridized carbons (Fsp3) is 0.727. The number of rotatable bonds is 6. The number of carbonyl (C=O) groups is 1. The van der Waals surface area contributed by atoms with E-state index in [1.807, 2.05) is 0 Å². The fourth-order valence-electron chi connectivity index (χ4n) is 1.65. The van der Waals surface area contributed by atoms with Gasteiger partial charge >= 0.3 is 5.97 Å². The topological polar surface area (TPSA) is 37.3 Å². The Hall–Kier alpha value is -0.790. The molecule has 0 aliphatic carbocycles. The van der Waals surface area contributed by atoms with Gasteiger partial charge in [0.15, 0.2) is 0 Å². The van der Waals surface area contributed by atoms with E-state index in [0.717, 1.165) is 19.3 Å². The largest absolute Gasteiger partial charge is 0.478 e. The summed E-state index contributed by atoms with van der Waals surface area (Å²) in [6.07, 6.45) is 3.68. The molecule has 2 nitrogen and oxygen atoms in total. The van der Waals surface area contributed by atoms with Crippen LogP contribution in [0, 0.1) is 5.41 Å². The highest BCUT2D eigenvalue weighted by molar-refractivity contribution is 5.85. The Kier molecular flexibility index (Phi) is 4.74. The maximum absolute atomic E-state index is 10.6. The first-order valence-corrected chi connectivity index (χ1v) is 4.92. The monoisotopic (exact) mass is 184 g/mol. The summed E-state index contributed by atoms with van der Waals surface area (Å²) in [5.74, 6) is -0.861. The van der Waals surface area contributed by atoms with Crippen LogP contribution in [0.15, 0.2) is 12.2 Å². The van der Waals surface area contributed by atoms with Crippen molar-refractivity contribution in [2.45, 2.75) is 46.5 Å². The Bertz CT molecular complexity index is 182. The SMILES string of the molecule is C=C(CC(CC)(CC)CC)C(=O)O. The summed E-state index contributed by atoms with van der Waals surface area (Å²) in [5.41, 5.74) is 0.487. The van der Waals surface area contributed by atoms with Gasteiger partial charge in [-0.15, -0.1) is 0 Å². The molecule has 76 valence electrons. The molecule has 0 heterocycles. The molecule has 0 saturated heterocycles. The normalized spacial score (nSPS) is 11.3. The Morgan fingerprint density at radius 1 is 1.23 bits per heavy atom. The number of hydrogen-bond donors (Lipinski definition) is 1. The molecule has 0 aromatic rings. The van der Waals surface area contributed by atoms with Crippen LogP contribution in [0.2, 0.25) is 0 Å². The standard InChI is InChI=1S/C11H20O2/c1-5-11(6-2,7-3)8-9(4)10(12)13/h4-8H2,1-3H3,(H,12,13). The molecule has 0 spiro atoms. The van der Waals surface area contributed by atoms with Crippen LogP contribution in [-0.4, -0.2) is 11.1 Å². The maximum Gasteiger partial charge on any atom is 0.330 e. The molecule has 0 unspecified atom stereocenters. The van der Waals surface area contributed by atoms with Crippen LogP contribution < -0.4 is 0 Å². The van der Waals surface area contributed by atoms with Crippen LogP contribution >= 0.6 is 0 Å². The molecule has 0 aromatic heterocycles. The fourth-order valence-corrected chi connectivity index (χ4v) is 1.65. The van der Waals surface area contributed by atoms with Crippen LogP contribution in [-0.2, 0) is 4.79 Å². The van der Waals surface area contributed by atoms with Gasteiger partial charge in [0, 0.05) is 5.57 Å². The molecule has 0 fully saturated rings. The van der Waals surface area contributed by atoms with Gasteiger partial charge in [0.05, 0.1) is 0 Å². The number of carboxylic acids is 1. The van der Waals surface area contributed by atoms with Crippen molar-refractivity contribution in [1.82, 2.24) is 0 Å². The van der Waals surface area contributed by atoms with Crippen molar-refractivity contribution in [2.24, 2.45) is 5.41 Å². The van der Waals surface area contributed by atoms with Gasteiger partial charge in [0.1, 0.15) is 0 Å². The predicted octanol–water partition coefficient (Wildman–Crippen LogP) is 3.23. The summed E-state index contributed by atoms with van der Waals surface area (Å²) < 4.78 is 0. The molecule has 0 radical (unpaired) electrons. The molecule has 0 aliphatic rings. The van der Waals surface area contributed by atoms with Crippen molar-refractivity contribution >= 4 is 5.97 Å². The van der Waals surface area contributed by atoms with Gasteiger partial charge in [-0.25, -0.2) is 4.79 Å². The molecule has 0 atom stereocenters. The van der Waals surface area contributed by atoms with E-state index in [0.29, 0.717) is 12.0 Å². The Balaban J connectivity index is 4.42. The van der Waals surface area contributed by atoms with Gasteiger partial charge in [-0.05, 0) is 11.8 Å². The zero-order valence-corrected chi connectivity index (χ0v) is 8.89. The highest BCUT2D eigenvalue weighted by atomic mass is 16.4. The van der Waals surface area contributed by atoms with E-state index in [2.05, 4.69) is 27.4 Å². The zero-order chi connectivity index (χ0) is 10.5. The lowest BCUT2D eigenvalue weighted by molar-refractivity contribution is -0.133. The second-order valence-electron chi connectivity index (χ2n) is 3.65. The van der Waals surface area contributed by atoms with Crippen LogP contribution in [0.25, 0.3) is 0 Å². The van der Waals surface area contributed by atoms with Crippen LogP contribution in [0.5, 0.6) is 0 Å². The van der Waals surface area contributed by atoms with Gasteiger partial charge in [-0.2, -0.15) is 0 Å². The van der Waals surface area contributed by atoms with Crippen molar-refractivity contribution in [3.8, 4) is 0 Å². The van der Waals surface area contributed by atoms with E-state index < -0.39 is 5.97 Å². The molecule has 0 bridgehead atoms. The number of carboxylic acid groups (broad SMARTS) is 1. The molecular weight excluding hydrogens is 164 g/mol. The third kappa shape index (κ3) is 3.21. The van der Waals surface area contributed by atoms with Crippen LogP contribution in [0.1, 0.15) is 46.5 Å². The lowest BCUT2D eigenvalue weighted by atomic mass is 9.75. The second kappa shape index (κ2) is 5.05.